The van der Waals surface area contributed by atoms with Gasteiger partial charge in [0.15, 0.2) is 5.78 Å². The molecule has 0 heterocycles. The highest BCUT2D eigenvalue weighted by atomic mass is 19.1. The lowest BCUT2D eigenvalue weighted by atomic mass is 9.95. The number of ketones is 1. The lowest BCUT2D eigenvalue weighted by molar-refractivity contribution is 0.0990. The zero-order valence-corrected chi connectivity index (χ0v) is 10.8. The average Bonchev–Trinajstić information content (AvgIpc) is 2.33. The van der Waals surface area contributed by atoms with Crippen molar-refractivity contribution in [2.45, 2.75) is 20.3 Å². The molecule has 0 bridgehead atoms. The topological polar surface area (TPSA) is 17.1 Å². The molecule has 98 valence electrons. The van der Waals surface area contributed by atoms with E-state index in [9.17, 15) is 13.6 Å². The molecule has 0 aromatic heterocycles. The van der Waals surface area contributed by atoms with E-state index < -0.39 is 11.6 Å². The van der Waals surface area contributed by atoms with E-state index in [4.69, 9.17) is 0 Å². The van der Waals surface area contributed by atoms with Gasteiger partial charge < -0.3 is 0 Å². The van der Waals surface area contributed by atoms with Crippen molar-refractivity contribution in [1.82, 2.24) is 0 Å². The molecule has 0 aliphatic carbocycles. The number of Topliss-reactive ketones (excluding diaryl/α,β-unsaturated/α-hetero) is 1. The molecular formula is C16H14F2O. The number of hydrogen-bond acceptors (Lipinski definition) is 1. The molecule has 0 atom stereocenters. The average molecular weight is 260 g/mol. The van der Waals surface area contributed by atoms with E-state index in [2.05, 4.69) is 0 Å². The molecule has 1 nitrogen and oxygen atoms in total. The van der Waals surface area contributed by atoms with Gasteiger partial charge in [-0.1, -0.05) is 18.2 Å². The van der Waals surface area contributed by atoms with Crippen molar-refractivity contribution in [3.63, 3.8) is 0 Å². The smallest absolute Gasteiger partial charge is 0.167 e. The molecule has 2 rings (SSSR count). The first kappa shape index (κ1) is 13.4. The van der Waals surface area contributed by atoms with E-state index in [0.29, 0.717) is 5.56 Å². The molecule has 19 heavy (non-hydrogen) atoms. The summed E-state index contributed by atoms with van der Waals surface area (Å²) in [5, 5.41) is 0. The van der Waals surface area contributed by atoms with Crippen LogP contribution in [0.25, 0.3) is 0 Å². The van der Waals surface area contributed by atoms with Crippen molar-refractivity contribution in [3.8, 4) is 0 Å². The molecule has 0 fully saturated rings. The molecule has 0 aliphatic rings. The van der Waals surface area contributed by atoms with Crippen molar-refractivity contribution in [1.29, 1.82) is 0 Å². The molecular weight excluding hydrogens is 246 g/mol. The Hall–Kier alpha value is -2.03. The second-order valence-electron chi connectivity index (χ2n) is 4.60. The first-order chi connectivity index (χ1) is 8.99. The third-order valence-corrected chi connectivity index (χ3v) is 3.12. The van der Waals surface area contributed by atoms with E-state index >= 15 is 0 Å². The third kappa shape index (κ3) is 2.87. The van der Waals surface area contributed by atoms with Gasteiger partial charge >= 0.3 is 0 Å². The Labute approximate surface area is 110 Å². The summed E-state index contributed by atoms with van der Waals surface area (Å²) in [6.45, 7) is 3.67. The summed E-state index contributed by atoms with van der Waals surface area (Å²) in [5.41, 5.74) is 2.38. The molecule has 0 N–H and O–H groups in total. The molecule has 0 saturated heterocycles. The summed E-state index contributed by atoms with van der Waals surface area (Å²) in [7, 11) is 0. The van der Waals surface area contributed by atoms with Crippen LogP contribution in [0.2, 0.25) is 0 Å². The van der Waals surface area contributed by atoms with Crippen LogP contribution in [0.4, 0.5) is 8.78 Å². The van der Waals surface area contributed by atoms with Crippen LogP contribution in [0.1, 0.15) is 27.0 Å². The molecule has 0 radical (unpaired) electrons. The largest absolute Gasteiger partial charge is 0.294 e. The SMILES string of the molecule is Cc1cccc(C)c1C(=O)Cc1cc(F)ccc1F. The molecule has 3 heteroatoms. The molecule has 0 spiro atoms. The van der Waals surface area contributed by atoms with Crippen LogP contribution in [0.5, 0.6) is 0 Å². The summed E-state index contributed by atoms with van der Waals surface area (Å²) in [6.07, 6.45) is -0.130. The second kappa shape index (κ2) is 5.31. The zero-order valence-electron chi connectivity index (χ0n) is 10.8. The Kier molecular flexibility index (Phi) is 3.74. The van der Waals surface area contributed by atoms with Crippen LogP contribution in [-0.4, -0.2) is 5.78 Å². The number of aryl methyl sites for hydroxylation is 2. The van der Waals surface area contributed by atoms with Gasteiger partial charge in [-0.15, -0.1) is 0 Å². The van der Waals surface area contributed by atoms with E-state index in [1.54, 1.807) is 0 Å². The Morgan fingerprint density at radius 1 is 1.05 bits per heavy atom. The molecule has 0 unspecified atom stereocenters. The van der Waals surface area contributed by atoms with E-state index in [1.165, 1.54) is 0 Å². The van der Waals surface area contributed by atoms with E-state index in [1.807, 2.05) is 32.0 Å². The van der Waals surface area contributed by atoms with Crippen LogP contribution in [-0.2, 0) is 6.42 Å². The first-order valence-corrected chi connectivity index (χ1v) is 6.02. The van der Waals surface area contributed by atoms with Crippen molar-refractivity contribution >= 4 is 5.78 Å². The van der Waals surface area contributed by atoms with Gasteiger partial charge in [0.2, 0.25) is 0 Å². The summed E-state index contributed by atoms with van der Waals surface area (Å²) in [4.78, 5) is 12.2. The Morgan fingerprint density at radius 2 is 1.68 bits per heavy atom. The minimum Gasteiger partial charge on any atom is -0.294 e. The van der Waals surface area contributed by atoms with Crippen molar-refractivity contribution < 1.29 is 13.6 Å². The van der Waals surface area contributed by atoms with Crippen LogP contribution < -0.4 is 0 Å². The maximum Gasteiger partial charge on any atom is 0.167 e. The third-order valence-electron chi connectivity index (χ3n) is 3.12. The Bertz CT molecular complexity index is 612. The maximum absolute atomic E-state index is 13.5. The molecule has 2 aromatic carbocycles. The maximum atomic E-state index is 13.5. The fraction of sp³-hybridized carbons (Fsp3) is 0.188. The summed E-state index contributed by atoms with van der Waals surface area (Å²) < 4.78 is 26.6. The molecule has 0 aliphatic heterocycles. The highest BCUT2D eigenvalue weighted by molar-refractivity contribution is 6.00. The Morgan fingerprint density at radius 3 is 2.32 bits per heavy atom. The monoisotopic (exact) mass is 260 g/mol. The lowest BCUT2D eigenvalue weighted by Crippen LogP contribution is -2.09. The van der Waals surface area contributed by atoms with Crippen LogP contribution in [0.3, 0.4) is 0 Å². The van der Waals surface area contributed by atoms with Gasteiger partial charge in [-0.05, 0) is 48.7 Å². The number of benzene rings is 2. The summed E-state index contributed by atoms with van der Waals surface area (Å²) in [6, 6.07) is 8.69. The predicted octanol–water partition coefficient (Wildman–Crippen LogP) is 4.01. The zero-order chi connectivity index (χ0) is 14.0. The number of carbonyl (C=O) groups is 1. The quantitative estimate of drug-likeness (QED) is 0.762. The normalized spacial score (nSPS) is 10.5. The van der Waals surface area contributed by atoms with Gasteiger partial charge in [0.25, 0.3) is 0 Å². The van der Waals surface area contributed by atoms with Crippen LogP contribution in [0.15, 0.2) is 36.4 Å². The number of hydrogen-bond donors (Lipinski definition) is 0. The number of halogens is 2. The van der Waals surface area contributed by atoms with Gasteiger partial charge in [0.1, 0.15) is 11.6 Å². The Balaban J connectivity index is 2.34. The van der Waals surface area contributed by atoms with Crippen LogP contribution >= 0.6 is 0 Å². The minimum atomic E-state index is -0.555. The standard InChI is InChI=1S/C16H14F2O/c1-10-4-3-5-11(2)16(10)15(19)9-12-8-13(17)6-7-14(12)18/h3-8H,9H2,1-2H3. The number of carbonyl (C=O) groups excluding carboxylic acids is 1. The summed E-state index contributed by atoms with van der Waals surface area (Å²) >= 11 is 0. The highest BCUT2D eigenvalue weighted by Gasteiger charge is 2.15. The van der Waals surface area contributed by atoms with Gasteiger partial charge in [-0.2, -0.15) is 0 Å². The first-order valence-electron chi connectivity index (χ1n) is 6.02. The van der Waals surface area contributed by atoms with Crippen molar-refractivity contribution in [2.24, 2.45) is 0 Å². The van der Waals surface area contributed by atoms with Gasteiger partial charge in [0.05, 0.1) is 0 Å². The minimum absolute atomic E-state index is 0.0904. The van der Waals surface area contributed by atoms with Crippen LogP contribution in [0, 0.1) is 25.5 Å². The van der Waals surface area contributed by atoms with Crippen molar-refractivity contribution in [3.05, 3.63) is 70.3 Å². The fourth-order valence-corrected chi connectivity index (χ4v) is 2.19. The number of rotatable bonds is 3. The summed E-state index contributed by atoms with van der Waals surface area (Å²) in [5.74, 6) is -1.29. The molecule has 0 amide bonds. The van der Waals surface area contributed by atoms with E-state index in [0.717, 1.165) is 29.3 Å². The van der Waals surface area contributed by atoms with Gasteiger partial charge in [0, 0.05) is 12.0 Å². The predicted molar refractivity (Wildman–Crippen MR) is 70.3 cm³/mol. The van der Waals surface area contributed by atoms with Gasteiger partial charge in [-0.25, -0.2) is 8.78 Å². The second-order valence-corrected chi connectivity index (χ2v) is 4.60. The van der Waals surface area contributed by atoms with E-state index in [-0.39, 0.29) is 17.8 Å². The fourth-order valence-electron chi connectivity index (χ4n) is 2.19. The van der Waals surface area contributed by atoms with Crippen molar-refractivity contribution in [2.75, 3.05) is 0 Å². The lowest BCUT2D eigenvalue weighted by Gasteiger charge is -2.09. The highest BCUT2D eigenvalue weighted by Crippen LogP contribution is 2.18. The molecule has 0 saturated carbocycles. The van der Waals surface area contributed by atoms with Gasteiger partial charge in [-0.3, -0.25) is 4.79 Å². The molecule has 2 aromatic rings.